The minimum atomic E-state index is -0.441. The smallest absolute Gasteiger partial charge is 0.0745 e. The lowest BCUT2D eigenvalue weighted by Crippen LogP contribution is -2.21. The van der Waals surface area contributed by atoms with E-state index < -0.39 is 12.2 Å². The van der Waals surface area contributed by atoms with Crippen LogP contribution in [0.4, 0.5) is 0 Å². The molecule has 0 spiro atoms. The molecule has 0 amide bonds. The quantitative estimate of drug-likeness (QED) is 0.694. The predicted molar refractivity (Wildman–Crippen MR) is 67.6 cm³/mol. The molecule has 0 aromatic carbocycles. The second-order valence-corrected chi connectivity index (χ2v) is 3.86. The van der Waals surface area contributed by atoms with E-state index in [2.05, 4.69) is 25.7 Å². The number of nitrogens with zero attached hydrogens (tertiary/aromatic N) is 1. The second-order valence-electron chi connectivity index (χ2n) is 3.86. The molecule has 0 saturated heterocycles. The molecular weight excluding hydrogens is 206 g/mol. The van der Waals surface area contributed by atoms with Gasteiger partial charge in [0.05, 0.1) is 25.4 Å². The molecule has 0 rings (SSSR count). The Kier molecular flexibility index (Phi) is 14.7. The highest BCUT2D eigenvalue weighted by molar-refractivity contribution is 4.45. The minimum absolute atomic E-state index is 0.297. The summed E-state index contributed by atoms with van der Waals surface area (Å²) in [6, 6.07) is 0. The Bertz CT molecular complexity index is 112. The Morgan fingerprint density at radius 3 is 1.31 bits per heavy atom. The van der Waals surface area contributed by atoms with E-state index in [1.165, 1.54) is 19.6 Å². The van der Waals surface area contributed by atoms with E-state index in [0.29, 0.717) is 13.2 Å². The lowest BCUT2D eigenvalue weighted by Gasteiger charge is -2.13. The van der Waals surface area contributed by atoms with Crippen molar-refractivity contribution in [1.82, 2.24) is 4.90 Å². The van der Waals surface area contributed by atoms with Crippen LogP contribution >= 0.6 is 0 Å². The van der Waals surface area contributed by atoms with Crippen LogP contribution < -0.4 is 0 Å². The molecule has 0 saturated carbocycles. The Morgan fingerprint density at radius 1 is 0.875 bits per heavy atom. The monoisotopic (exact) mass is 235 g/mol. The molecule has 0 aliphatic heterocycles. The predicted octanol–water partition coefficient (Wildman–Crippen LogP) is 1.11. The van der Waals surface area contributed by atoms with E-state index in [-0.39, 0.29) is 0 Å². The van der Waals surface area contributed by atoms with Crippen LogP contribution in [0.2, 0.25) is 0 Å². The lowest BCUT2D eigenvalue weighted by atomic mass is 10.4. The molecule has 2 N–H and O–H groups in total. The number of rotatable bonds is 7. The first-order valence-corrected chi connectivity index (χ1v) is 6.13. The topological polar surface area (TPSA) is 52.9 Å². The van der Waals surface area contributed by atoms with Gasteiger partial charge in [-0.15, -0.1) is 0 Å². The van der Waals surface area contributed by atoms with Crippen LogP contribution in [0.1, 0.15) is 34.6 Å². The Balaban J connectivity index is 0. The van der Waals surface area contributed by atoms with Crippen LogP contribution in [-0.2, 0) is 4.74 Å². The van der Waals surface area contributed by atoms with Crippen LogP contribution in [0, 0.1) is 0 Å². The van der Waals surface area contributed by atoms with E-state index in [9.17, 15) is 0 Å². The third-order valence-electron chi connectivity index (χ3n) is 2.06. The molecule has 0 aromatic rings. The van der Waals surface area contributed by atoms with Gasteiger partial charge in [0, 0.05) is 0 Å². The maximum atomic E-state index is 8.66. The molecule has 4 heteroatoms. The summed E-state index contributed by atoms with van der Waals surface area (Å²) in [7, 11) is 0. The summed E-state index contributed by atoms with van der Waals surface area (Å²) in [5.74, 6) is 0. The van der Waals surface area contributed by atoms with Crippen molar-refractivity contribution < 1.29 is 14.9 Å². The van der Waals surface area contributed by atoms with E-state index in [1.807, 2.05) is 0 Å². The van der Waals surface area contributed by atoms with Crippen molar-refractivity contribution in [3.8, 4) is 0 Å². The number of ether oxygens (including phenoxy) is 1. The van der Waals surface area contributed by atoms with Gasteiger partial charge in [0.1, 0.15) is 0 Å². The number of aliphatic hydroxyl groups excluding tert-OH is 2. The average Bonchev–Trinajstić information content (AvgIpc) is 2.20. The maximum absolute atomic E-state index is 8.66. The zero-order valence-electron chi connectivity index (χ0n) is 11.4. The minimum Gasteiger partial charge on any atom is -0.391 e. The van der Waals surface area contributed by atoms with Gasteiger partial charge in [0.15, 0.2) is 0 Å². The summed E-state index contributed by atoms with van der Waals surface area (Å²) in [6.45, 7) is 14.0. The molecule has 100 valence electrons. The maximum Gasteiger partial charge on any atom is 0.0745 e. The van der Waals surface area contributed by atoms with Crippen LogP contribution in [0.3, 0.4) is 0 Å². The summed E-state index contributed by atoms with van der Waals surface area (Å²) in [5.41, 5.74) is 0. The van der Waals surface area contributed by atoms with Crippen molar-refractivity contribution in [1.29, 1.82) is 0 Å². The summed E-state index contributed by atoms with van der Waals surface area (Å²) in [5, 5.41) is 17.3. The molecule has 0 fully saturated rings. The molecule has 0 radical (unpaired) electrons. The van der Waals surface area contributed by atoms with Gasteiger partial charge in [0.25, 0.3) is 0 Å². The van der Waals surface area contributed by atoms with Gasteiger partial charge < -0.3 is 19.8 Å². The number of hydrogen-bond acceptors (Lipinski definition) is 4. The fourth-order valence-corrected chi connectivity index (χ4v) is 1.08. The van der Waals surface area contributed by atoms with E-state index in [4.69, 9.17) is 14.9 Å². The summed E-state index contributed by atoms with van der Waals surface area (Å²) >= 11 is 0. The summed E-state index contributed by atoms with van der Waals surface area (Å²) < 4.78 is 4.86. The van der Waals surface area contributed by atoms with Gasteiger partial charge in [-0.1, -0.05) is 20.8 Å². The second kappa shape index (κ2) is 12.9. The van der Waals surface area contributed by atoms with Crippen LogP contribution in [0.5, 0.6) is 0 Å². The van der Waals surface area contributed by atoms with Crippen LogP contribution in [0.25, 0.3) is 0 Å². The van der Waals surface area contributed by atoms with Crippen LogP contribution in [-0.4, -0.2) is 60.2 Å². The lowest BCUT2D eigenvalue weighted by molar-refractivity contribution is 0.00392. The molecule has 2 atom stereocenters. The molecule has 0 aliphatic carbocycles. The first-order valence-electron chi connectivity index (χ1n) is 6.13. The van der Waals surface area contributed by atoms with E-state index >= 15 is 0 Å². The van der Waals surface area contributed by atoms with Crippen molar-refractivity contribution in [3.05, 3.63) is 0 Å². The molecule has 0 aromatic heterocycles. The third kappa shape index (κ3) is 16.3. The zero-order valence-corrected chi connectivity index (χ0v) is 11.4. The van der Waals surface area contributed by atoms with Crippen molar-refractivity contribution in [2.75, 3.05) is 32.8 Å². The first-order chi connectivity index (χ1) is 7.47. The van der Waals surface area contributed by atoms with Gasteiger partial charge in [0.2, 0.25) is 0 Å². The fraction of sp³-hybridized carbons (Fsp3) is 1.00. The number of aliphatic hydroxyl groups is 2. The molecule has 0 aliphatic rings. The highest BCUT2D eigenvalue weighted by Crippen LogP contribution is 1.85. The van der Waals surface area contributed by atoms with E-state index in [1.54, 1.807) is 13.8 Å². The molecule has 0 heterocycles. The van der Waals surface area contributed by atoms with Crippen molar-refractivity contribution in [2.24, 2.45) is 0 Å². The van der Waals surface area contributed by atoms with Crippen molar-refractivity contribution in [3.63, 3.8) is 0 Å². The van der Waals surface area contributed by atoms with Gasteiger partial charge in [-0.05, 0) is 33.5 Å². The molecule has 2 unspecified atom stereocenters. The number of hydrogen-bond donors (Lipinski definition) is 2. The van der Waals surface area contributed by atoms with Gasteiger partial charge in [-0.25, -0.2) is 0 Å². The molecule has 0 bridgehead atoms. The van der Waals surface area contributed by atoms with Crippen molar-refractivity contribution >= 4 is 0 Å². The standard InChI is InChI=1S/C6H15N.C6H14O3/c1-4-7(5-2)6-3;1-5(7)3-9-4-6(2)8/h4-6H2,1-3H3;5-8H,3-4H2,1-2H3. The summed E-state index contributed by atoms with van der Waals surface area (Å²) in [6.07, 6.45) is -0.882. The normalized spacial score (nSPS) is 14.2. The van der Waals surface area contributed by atoms with Gasteiger partial charge >= 0.3 is 0 Å². The Hall–Kier alpha value is -0.160. The largest absolute Gasteiger partial charge is 0.391 e. The molecular formula is C12H29NO3. The molecule has 16 heavy (non-hydrogen) atoms. The first kappa shape index (κ1) is 18.2. The third-order valence-corrected chi connectivity index (χ3v) is 2.06. The van der Waals surface area contributed by atoms with Gasteiger partial charge in [-0.3, -0.25) is 0 Å². The summed E-state index contributed by atoms with van der Waals surface area (Å²) in [4.78, 5) is 2.38. The molecule has 4 nitrogen and oxygen atoms in total. The van der Waals surface area contributed by atoms with Crippen LogP contribution in [0.15, 0.2) is 0 Å². The zero-order chi connectivity index (χ0) is 13.0. The highest BCUT2D eigenvalue weighted by atomic mass is 16.5. The Morgan fingerprint density at radius 2 is 1.19 bits per heavy atom. The van der Waals surface area contributed by atoms with Gasteiger partial charge in [-0.2, -0.15) is 0 Å². The SMILES string of the molecule is CC(O)COCC(C)O.CCN(CC)CC. The average molecular weight is 235 g/mol. The highest BCUT2D eigenvalue weighted by Gasteiger charge is 1.97. The van der Waals surface area contributed by atoms with Crippen molar-refractivity contribution in [2.45, 2.75) is 46.8 Å². The fourth-order valence-electron chi connectivity index (χ4n) is 1.08. The van der Waals surface area contributed by atoms with E-state index in [0.717, 1.165) is 0 Å². The Labute approximate surface area is 100 Å².